The van der Waals surface area contributed by atoms with E-state index in [1.54, 1.807) is 11.1 Å². The minimum atomic E-state index is 0.762. The van der Waals surface area contributed by atoms with Gasteiger partial charge in [-0.25, -0.2) is 0 Å². The number of hydrogen-bond acceptors (Lipinski definition) is 0. The molecule has 4 atom stereocenters. The zero-order chi connectivity index (χ0) is 20.6. The number of hydrogen-bond donors (Lipinski definition) is 0. The molecule has 0 N–H and O–H groups in total. The first kappa shape index (κ1) is 21.9. The summed E-state index contributed by atoms with van der Waals surface area (Å²) in [5, 5.41) is 0. The van der Waals surface area contributed by atoms with Gasteiger partial charge in [-0.3, -0.25) is 0 Å². The molecule has 28 heavy (non-hydrogen) atoms. The van der Waals surface area contributed by atoms with Crippen molar-refractivity contribution >= 4 is 0 Å². The molecule has 2 fully saturated rings. The zero-order valence-corrected chi connectivity index (χ0v) is 19.9. The fourth-order valence-electron chi connectivity index (χ4n) is 7.16. The van der Waals surface area contributed by atoms with Crippen LogP contribution in [0.4, 0.5) is 0 Å². The molecule has 0 heteroatoms. The third kappa shape index (κ3) is 4.08. The second-order valence-electron chi connectivity index (χ2n) is 11.5. The molecule has 1 aromatic carbocycles. The first-order chi connectivity index (χ1) is 13.2. The van der Waals surface area contributed by atoms with Gasteiger partial charge in [0.05, 0.1) is 0 Å². The van der Waals surface area contributed by atoms with E-state index in [1.165, 1.54) is 25.7 Å². The highest BCUT2D eigenvalue weighted by Gasteiger charge is 2.45. The second kappa shape index (κ2) is 8.93. The summed E-state index contributed by atoms with van der Waals surface area (Å²) in [5.74, 6) is 8.07. The Hall–Kier alpha value is -0.780. The lowest BCUT2D eigenvalue weighted by molar-refractivity contribution is 0.266. The quantitative estimate of drug-likeness (QED) is 0.462. The Bertz CT molecular complexity index is 536. The highest BCUT2D eigenvalue weighted by molar-refractivity contribution is 5.37. The molecule has 3 rings (SSSR count). The Labute approximate surface area is 175 Å². The summed E-state index contributed by atoms with van der Waals surface area (Å²) in [6.07, 6.45) is 5.69. The van der Waals surface area contributed by atoms with Crippen molar-refractivity contribution in [2.75, 3.05) is 0 Å². The van der Waals surface area contributed by atoms with Gasteiger partial charge < -0.3 is 0 Å². The predicted octanol–water partition coefficient (Wildman–Crippen LogP) is 8.53. The molecule has 1 aromatic rings. The predicted molar refractivity (Wildman–Crippen MR) is 124 cm³/mol. The van der Waals surface area contributed by atoms with Crippen LogP contribution in [0.15, 0.2) is 24.3 Å². The van der Waals surface area contributed by atoms with Crippen molar-refractivity contribution in [3.05, 3.63) is 35.4 Å². The lowest BCUT2D eigenvalue weighted by Crippen LogP contribution is -2.26. The van der Waals surface area contributed by atoms with E-state index in [1.807, 2.05) is 0 Å². The van der Waals surface area contributed by atoms with Crippen LogP contribution in [0.3, 0.4) is 0 Å². The van der Waals surface area contributed by atoms with E-state index >= 15 is 0 Å². The van der Waals surface area contributed by atoms with Crippen molar-refractivity contribution in [1.29, 1.82) is 0 Å². The summed E-state index contributed by atoms with van der Waals surface area (Å²) >= 11 is 0. The van der Waals surface area contributed by atoms with Crippen LogP contribution in [0, 0.1) is 47.3 Å². The summed E-state index contributed by atoms with van der Waals surface area (Å²) in [4.78, 5) is 0. The fourth-order valence-corrected chi connectivity index (χ4v) is 7.16. The standard InChI is InChI=1S/C28H46/c1-17(2)21-13-14-22(18(3)4)27(21)25-11-9-10-12-26(25)28-23(19(5)6)15-16-24(28)20(7)8/h9-12,17-24,27-28H,13-16H2,1-8H3/t21-,22-,23-,24-/m1/s1. The molecule has 0 radical (unpaired) electrons. The lowest BCUT2D eigenvalue weighted by atomic mass is 9.68. The molecule has 158 valence electrons. The fraction of sp³-hybridized carbons (Fsp3) is 0.786. The average Bonchev–Trinajstić information content (AvgIpc) is 3.26. The summed E-state index contributed by atoms with van der Waals surface area (Å²) in [6, 6.07) is 9.72. The molecule has 0 bridgehead atoms. The van der Waals surface area contributed by atoms with Crippen LogP contribution in [-0.4, -0.2) is 0 Å². The van der Waals surface area contributed by atoms with E-state index in [4.69, 9.17) is 0 Å². The van der Waals surface area contributed by atoms with E-state index < -0.39 is 0 Å². The highest BCUT2D eigenvalue weighted by atomic mass is 14.5. The Morgan fingerprint density at radius 2 is 0.750 bits per heavy atom. The van der Waals surface area contributed by atoms with Crippen LogP contribution < -0.4 is 0 Å². The third-order valence-corrected chi connectivity index (χ3v) is 8.65. The summed E-state index contributed by atoms with van der Waals surface area (Å²) in [6.45, 7) is 19.7. The minimum absolute atomic E-state index is 0.762. The van der Waals surface area contributed by atoms with Crippen molar-refractivity contribution in [3.63, 3.8) is 0 Å². The monoisotopic (exact) mass is 382 g/mol. The maximum atomic E-state index is 2.53. The Balaban J connectivity index is 2.08. The smallest absolute Gasteiger partial charge is 0.00976 e. The van der Waals surface area contributed by atoms with Crippen molar-refractivity contribution < 1.29 is 0 Å². The van der Waals surface area contributed by atoms with Crippen LogP contribution in [-0.2, 0) is 0 Å². The van der Waals surface area contributed by atoms with Gasteiger partial charge in [0, 0.05) is 0 Å². The summed E-state index contributed by atoms with van der Waals surface area (Å²) < 4.78 is 0. The SMILES string of the molecule is CC(C)[C@H]1CC[C@H](C(C)C)C1c1ccccc1C1[C@@H](C(C)C)CC[C@@H]1C(C)C. The molecule has 2 aliphatic carbocycles. The zero-order valence-electron chi connectivity index (χ0n) is 19.9. The molecule has 0 spiro atoms. The van der Waals surface area contributed by atoms with E-state index in [2.05, 4.69) is 79.7 Å². The van der Waals surface area contributed by atoms with E-state index in [9.17, 15) is 0 Å². The van der Waals surface area contributed by atoms with E-state index in [-0.39, 0.29) is 0 Å². The minimum Gasteiger partial charge on any atom is -0.0625 e. The van der Waals surface area contributed by atoms with Gasteiger partial charge in [-0.1, -0.05) is 79.7 Å². The molecule has 0 saturated heterocycles. The molecule has 0 nitrogen and oxygen atoms in total. The van der Waals surface area contributed by atoms with E-state index in [0.29, 0.717) is 0 Å². The van der Waals surface area contributed by atoms with Crippen LogP contribution in [0.5, 0.6) is 0 Å². The second-order valence-corrected chi connectivity index (χ2v) is 11.5. The number of benzene rings is 1. The van der Waals surface area contributed by atoms with Crippen LogP contribution in [0.25, 0.3) is 0 Å². The molecular formula is C28H46. The highest BCUT2D eigenvalue weighted by Crippen LogP contribution is 2.56. The van der Waals surface area contributed by atoms with Crippen molar-refractivity contribution in [1.82, 2.24) is 0 Å². The number of rotatable bonds is 6. The van der Waals surface area contributed by atoms with Gasteiger partial charge in [0.15, 0.2) is 0 Å². The average molecular weight is 383 g/mol. The van der Waals surface area contributed by atoms with Crippen molar-refractivity contribution in [3.8, 4) is 0 Å². The molecule has 0 unspecified atom stereocenters. The van der Waals surface area contributed by atoms with Gasteiger partial charge in [-0.05, 0) is 96.0 Å². The van der Waals surface area contributed by atoms with Crippen LogP contribution in [0.2, 0.25) is 0 Å². The molecule has 0 aromatic heterocycles. The lowest BCUT2D eigenvalue weighted by Gasteiger charge is -2.36. The molecule has 0 amide bonds. The Kier molecular flexibility index (Phi) is 6.99. The van der Waals surface area contributed by atoms with Gasteiger partial charge >= 0.3 is 0 Å². The molecule has 0 heterocycles. The van der Waals surface area contributed by atoms with Crippen molar-refractivity contribution in [2.24, 2.45) is 47.3 Å². The van der Waals surface area contributed by atoms with Crippen LogP contribution >= 0.6 is 0 Å². The van der Waals surface area contributed by atoms with E-state index in [0.717, 1.165) is 59.2 Å². The van der Waals surface area contributed by atoms with Gasteiger partial charge in [0.2, 0.25) is 0 Å². The third-order valence-electron chi connectivity index (χ3n) is 8.65. The van der Waals surface area contributed by atoms with Gasteiger partial charge in [-0.2, -0.15) is 0 Å². The first-order valence-corrected chi connectivity index (χ1v) is 12.3. The normalized spacial score (nSPS) is 31.8. The Morgan fingerprint density at radius 3 is 0.964 bits per heavy atom. The maximum Gasteiger partial charge on any atom is -0.00976 e. The van der Waals surface area contributed by atoms with Gasteiger partial charge in [0.1, 0.15) is 0 Å². The topological polar surface area (TPSA) is 0 Å². The molecular weight excluding hydrogens is 336 g/mol. The van der Waals surface area contributed by atoms with Gasteiger partial charge in [0.25, 0.3) is 0 Å². The maximum absolute atomic E-state index is 2.53. The van der Waals surface area contributed by atoms with Crippen molar-refractivity contribution in [2.45, 2.75) is 92.9 Å². The van der Waals surface area contributed by atoms with Gasteiger partial charge in [-0.15, -0.1) is 0 Å². The first-order valence-electron chi connectivity index (χ1n) is 12.3. The summed E-state index contributed by atoms with van der Waals surface area (Å²) in [5.41, 5.74) is 3.47. The Morgan fingerprint density at radius 1 is 0.500 bits per heavy atom. The van der Waals surface area contributed by atoms with Crippen LogP contribution in [0.1, 0.15) is 104 Å². The molecule has 0 aliphatic heterocycles. The molecule has 2 saturated carbocycles. The largest absolute Gasteiger partial charge is 0.0625 e. The summed E-state index contributed by atoms with van der Waals surface area (Å²) in [7, 11) is 0. The molecule has 2 aliphatic rings.